The summed E-state index contributed by atoms with van der Waals surface area (Å²) < 4.78 is 10.5. The number of hydrogen-bond donors (Lipinski definition) is 1. The lowest BCUT2D eigenvalue weighted by atomic mass is 10.1. The quantitative estimate of drug-likeness (QED) is 0.430. The lowest BCUT2D eigenvalue weighted by Gasteiger charge is -2.12. The molecule has 0 bridgehead atoms. The van der Waals surface area contributed by atoms with Crippen molar-refractivity contribution in [2.75, 3.05) is 26.9 Å². The van der Waals surface area contributed by atoms with Crippen LogP contribution in [0.15, 0.2) is 0 Å². The number of rotatable bonds is 16. The van der Waals surface area contributed by atoms with Crippen LogP contribution in [0.25, 0.3) is 0 Å². The highest BCUT2D eigenvalue weighted by Crippen LogP contribution is 2.11. The summed E-state index contributed by atoms with van der Waals surface area (Å²) in [5.41, 5.74) is 0. The van der Waals surface area contributed by atoms with Crippen LogP contribution in [-0.2, 0) is 9.47 Å². The van der Waals surface area contributed by atoms with E-state index in [1.165, 1.54) is 64.2 Å². The summed E-state index contributed by atoms with van der Waals surface area (Å²) in [5.74, 6) is 0. The first-order valence-electron chi connectivity index (χ1n) is 8.56. The van der Waals surface area contributed by atoms with Crippen molar-refractivity contribution in [3.8, 4) is 0 Å². The van der Waals surface area contributed by atoms with Crippen LogP contribution in [0.2, 0.25) is 0 Å². The van der Waals surface area contributed by atoms with Crippen LogP contribution >= 0.6 is 0 Å². The van der Waals surface area contributed by atoms with Crippen LogP contribution in [0, 0.1) is 0 Å². The molecule has 0 heterocycles. The SMILES string of the molecule is CCCCCCCCCCCCCOCC(CO)OC. The second-order valence-corrected chi connectivity index (χ2v) is 5.65. The van der Waals surface area contributed by atoms with Gasteiger partial charge in [0.1, 0.15) is 6.10 Å². The molecule has 1 unspecified atom stereocenters. The minimum atomic E-state index is -0.164. The lowest BCUT2D eigenvalue weighted by Crippen LogP contribution is -2.22. The average Bonchev–Trinajstić information content (AvgIpc) is 2.48. The molecule has 0 aliphatic heterocycles. The van der Waals surface area contributed by atoms with Gasteiger partial charge in [-0.05, 0) is 6.42 Å². The van der Waals surface area contributed by atoms with Crippen LogP contribution in [0.1, 0.15) is 77.6 Å². The summed E-state index contributed by atoms with van der Waals surface area (Å²) in [4.78, 5) is 0. The van der Waals surface area contributed by atoms with E-state index >= 15 is 0 Å². The van der Waals surface area contributed by atoms with Gasteiger partial charge in [0.05, 0.1) is 13.2 Å². The molecule has 0 rings (SSSR count). The van der Waals surface area contributed by atoms with E-state index in [4.69, 9.17) is 14.6 Å². The number of ether oxygens (including phenoxy) is 2. The van der Waals surface area contributed by atoms with E-state index in [0.717, 1.165) is 13.0 Å². The Kier molecular flexibility index (Phi) is 16.8. The summed E-state index contributed by atoms with van der Waals surface area (Å²) in [7, 11) is 1.60. The lowest BCUT2D eigenvalue weighted by molar-refractivity contribution is -0.0205. The maximum atomic E-state index is 8.91. The van der Waals surface area contributed by atoms with Crippen molar-refractivity contribution in [3.05, 3.63) is 0 Å². The number of aliphatic hydroxyl groups is 1. The van der Waals surface area contributed by atoms with Crippen molar-refractivity contribution < 1.29 is 14.6 Å². The van der Waals surface area contributed by atoms with Gasteiger partial charge in [0, 0.05) is 13.7 Å². The monoisotopic (exact) mass is 288 g/mol. The summed E-state index contributed by atoms with van der Waals surface area (Å²) in [5, 5.41) is 8.91. The second-order valence-electron chi connectivity index (χ2n) is 5.65. The molecule has 0 aromatic rings. The number of aliphatic hydroxyl groups excluding tert-OH is 1. The molecule has 0 radical (unpaired) electrons. The topological polar surface area (TPSA) is 38.7 Å². The third-order valence-electron chi connectivity index (χ3n) is 3.73. The first kappa shape index (κ1) is 19.9. The zero-order valence-electron chi connectivity index (χ0n) is 13.7. The Morgan fingerprint density at radius 1 is 0.800 bits per heavy atom. The maximum absolute atomic E-state index is 8.91. The highest BCUT2D eigenvalue weighted by molar-refractivity contribution is 4.52. The van der Waals surface area contributed by atoms with Gasteiger partial charge in [-0.15, -0.1) is 0 Å². The number of methoxy groups -OCH3 is 1. The second kappa shape index (κ2) is 16.9. The Hall–Kier alpha value is -0.120. The third kappa shape index (κ3) is 14.3. The molecular formula is C17H36O3. The molecule has 0 aromatic carbocycles. The van der Waals surface area contributed by atoms with Crippen LogP contribution in [-0.4, -0.2) is 38.1 Å². The first-order chi connectivity index (χ1) is 9.85. The van der Waals surface area contributed by atoms with Gasteiger partial charge < -0.3 is 14.6 Å². The van der Waals surface area contributed by atoms with Gasteiger partial charge >= 0.3 is 0 Å². The molecule has 1 N–H and O–H groups in total. The van der Waals surface area contributed by atoms with E-state index in [2.05, 4.69) is 6.92 Å². The summed E-state index contributed by atoms with van der Waals surface area (Å²) in [6.45, 7) is 3.60. The molecule has 20 heavy (non-hydrogen) atoms. The molecule has 1 atom stereocenters. The number of hydrogen-bond acceptors (Lipinski definition) is 3. The van der Waals surface area contributed by atoms with Gasteiger partial charge in [-0.3, -0.25) is 0 Å². The van der Waals surface area contributed by atoms with Gasteiger partial charge in [-0.2, -0.15) is 0 Å². The average molecular weight is 288 g/mol. The van der Waals surface area contributed by atoms with E-state index in [9.17, 15) is 0 Å². The standard InChI is InChI=1S/C17H36O3/c1-3-4-5-6-7-8-9-10-11-12-13-14-20-16-17(15-18)19-2/h17-18H,3-16H2,1-2H3. The highest BCUT2D eigenvalue weighted by Gasteiger charge is 2.04. The zero-order valence-corrected chi connectivity index (χ0v) is 13.7. The Bertz CT molecular complexity index is 170. The maximum Gasteiger partial charge on any atom is 0.103 e. The van der Waals surface area contributed by atoms with Crippen molar-refractivity contribution in [3.63, 3.8) is 0 Å². The highest BCUT2D eigenvalue weighted by atomic mass is 16.5. The van der Waals surface area contributed by atoms with Crippen molar-refractivity contribution in [2.24, 2.45) is 0 Å². The minimum Gasteiger partial charge on any atom is -0.394 e. The van der Waals surface area contributed by atoms with Gasteiger partial charge in [-0.25, -0.2) is 0 Å². The van der Waals surface area contributed by atoms with Gasteiger partial charge in [0.15, 0.2) is 0 Å². The molecule has 3 nitrogen and oxygen atoms in total. The van der Waals surface area contributed by atoms with Crippen molar-refractivity contribution in [2.45, 2.75) is 83.7 Å². The summed E-state index contributed by atoms with van der Waals surface area (Å²) in [6.07, 6.45) is 14.7. The fourth-order valence-corrected chi connectivity index (χ4v) is 2.28. The van der Waals surface area contributed by atoms with Crippen molar-refractivity contribution >= 4 is 0 Å². The normalized spacial score (nSPS) is 12.8. The van der Waals surface area contributed by atoms with E-state index in [0.29, 0.717) is 6.61 Å². The third-order valence-corrected chi connectivity index (χ3v) is 3.73. The molecule has 0 saturated carbocycles. The molecule has 122 valence electrons. The predicted molar refractivity (Wildman–Crippen MR) is 85.2 cm³/mol. The summed E-state index contributed by atoms with van der Waals surface area (Å²) in [6, 6.07) is 0. The van der Waals surface area contributed by atoms with E-state index in [1.54, 1.807) is 7.11 Å². The largest absolute Gasteiger partial charge is 0.394 e. The van der Waals surface area contributed by atoms with Crippen LogP contribution in [0.5, 0.6) is 0 Å². The Morgan fingerprint density at radius 3 is 1.75 bits per heavy atom. The molecule has 0 fully saturated rings. The fourth-order valence-electron chi connectivity index (χ4n) is 2.28. The molecule has 0 aliphatic carbocycles. The Morgan fingerprint density at radius 2 is 1.30 bits per heavy atom. The van der Waals surface area contributed by atoms with Crippen molar-refractivity contribution in [1.82, 2.24) is 0 Å². The minimum absolute atomic E-state index is 0.0365. The molecule has 3 heteroatoms. The predicted octanol–water partition coefficient (Wildman–Crippen LogP) is 4.32. The van der Waals surface area contributed by atoms with Crippen LogP contribution in [0.3, 0.4) is 0 Å². The first-order valence-corrected chi connectivity index (χ1v) is 8.56. The summed E-state index contributed by atoms with van der Waals surface area (Å²) >= 11 is 0. The van der Waals surface area contributed by atoms with Gasteiger partial charge in [0.2, 0.25) is 0 Å². The molecule has 0 spiro atoms. The fraction of sp³-hybridized carbons (Fsp3) is 1.00. The van der Waals surface area contributed by atoms with Crippen LogP contribution in [0.4, 0.5) is 0 Å². The molecule has 0 aromatic heterocycles. The zero-order chi connectivity index (χ0) is 14.9. The van der Waals surface area contributed by atoms with Gasteiger partial charge in [-0.1, -0.05) is 71.1 Å². The Labute approximate surface area is 126 Å². The molecule has 0 aliphatic rings. The van der Waals surface area contributed by atoms with E-state index < -0.39 is 0 Å². The molecule has 0 amide bonds. The smallest absolute Gasteiger partial charge is 0.103 e. The number of unbranched alkanes of at least 4 members (excludes halogenated alkanes) is 10. The molecule has 0 saturated heterocycles. The van der Waals surface area contributed by atoms with Gasteiger partial charge in [0.25, 0.3) is 0 Å². The van der Waals surface area contributed by atoms with Crippen molar-refractivity contribution in [1.29, 1.82) is 0 Å². The van der Waals surface area contributed by atoms with Crippen LogP contribution < -0.4 is 0 Å². The molecular weight excluding hydrogens is 252 g/mol. The van der Waals surface area contributed by atoms with E-state index in [-0.39, 0.29) is 12.7 Å². The van der Waals surface area contributed by atoms with E-state index in [1.807, 2.05) is 0 Å². The Balaban J connectivity index is 3.02.